The lowest BCUT2D eigenvalue weighted by molar-refractivity contribution is 0.123. The molecule has 0 aromatic heterocycles. The Morgan fingerprint density at radius 3 is 2.53 bits per heavy atom. The molecule has 3 heteroatoms. The van der Waals surface area contributed by atoms with Crippen LogP contribution in [-0.2, 0) is 0 Å². The third kappa shape index (κ3) is 4.19. The smallest absolute Gasteiger partial charge is 0.0949 e. The van der Waals surface area contributed by atoms with E-state index >= 15 is 0 Å². The van der Waals surface area contributed by atoms with Crippen LogP contribution in [0, 0.1) is 17.2 Å². The zero-order valence-electron chi connectivity index (χ0n) is 12.6. The second-order valence-corrected chi connectivity index (χ2v) is 6.45. The van der Waals surface area contributed by atoms with Crippen molar-refractivity contribution >= 4 is 0 Å². The van der Waals surface area contributed by atoms with Crippen molar-refractivity contribution in [1.82, 2.24) is 9.80 Å². The van der Waals surface area contributed by atoms with Crippen molar-refractivity contribution in [1.29, 1.82) is 5.26 Å². The molecule has 0 radical (unpaired) electrons. The van der Waals surface area contributed by atoms with Crippen molar-refractivity contribution in [3.8, 4) is 6.07 Å². The van der Waals surface area contributed by atoms with Crippen molar-refractivity contribution in [3.05, 3.63) is 0 Å². The van der Waals surface area contributed by atoms with E-state index in [0.717, 1.165) is 25.0 Å². The molecule has 2 saturated heterocycles. The average molecular weight is 263 g/mol. The van der Waals surface area contributed by atoms with Gasteiger partial charge in [-0.1, -0.05) is 6.42 Å². The molecule has 0 aliphatic carbocycles. The van der Waals surface area contributed by atoms with Crippen LogP contribution in [0.4, 0.5) is 0 Å². The van der Waals surface area contributed by atoms with Crippen LogP contribution in [0.5, 0.6) is 0 Å². The largest absolute Gasteiger partial charge is 0.301 e. The van der Waals surface area contributed by atoms with Gasteiger partial charge < -0.3 is 4.90 Å². The van der Waals surface area contributed by atoms with Crippen LogP contribution in [0.2, 0.25) is 0 Å². The molecule has 2 atom stereocenters. The van der Waals surface area contributed by atoms with E-state index in [1.807, 2.05) is 6.92 Å². The molecule has 0 aromatic rings. The monoisotopic (exact) mass is 263 g/mol. The van der Waals surface area contributed by atoms with Crippen molar-refractivity contribution in [2.45, 2.75) is 64.5 Å². The maximum Gasteiger partial charge on any atom is 0.0949 e. The molecule has 0 spiro atoms. The van der Waals surface area contributed by atoms with Gasteiger partial charge in [0.1, 0.15) is 0 Å². The van der Waals surface area contributed by atoms with Gasteiger partial charge in [0.15, 0.2) is 0 Å². The maximum absolute atomic E-state index is 8.96. The first-order valence-electron chi connectivity index (χ1n) is 8.08. The summed E-state index contributed by atoms with van der Waals surface area (Å²) in [4.78, 5) is 5.02. The van der Waals surface area contributed by atoms with Gasteiger partial charge in [-0.3, -0.25) is 4.90 Å². The molecule has 0 saturated carbocycles. The number of rotatable bonds is 4. The number of likely N-dealkylation sites (tertiary alicyclic amines) is 2. The third-order valence-electron chi connectivity index (χ3n) is 5.15. The Balaban J connectivity index is 1.67. The molecule has 0 unspecified atom stereocenters. The normalized spacial score (nSPS) is 29.0. The van der Waals surface area contributed by atoms with Crippen LogP contribution >= 0.6 is 0 Å². The summed E-state index contributed by atoms with van der Waals surface area (Å²) in [5.41, 5.74) is 0. The second kappa shape index (κ2) is 7.26. The summed E-state index contributed by atoms with van der Waals surface area (Å²) in [7, 11) is 0. The van der Waals surface area contributed by atoms with Gasteiger partial charge in [-0.25, -0.2) is 0 Å². The summed E-state index contributed by atoms with van der Waals surface area (Å²) >= 11 is 0. The Morgan fingerprint density at radius 1 is 1.16 bits per heavy atom. The number of nitriles is 1. The Labute approximate surface area is 118 Å². The summed E-state index contributed by atoms with van der Waals surface area (Å²) in [5, 5.41) is 8.96. The van der Waals surface area contributed by atoms with Gasteiger partial charge in [0, 0.05) is 6.04 Å². The molecule has 0 amide bonds. The average Bonchev–Trinajstić information content (AvgIpc) is 2.46. The predicted octanol–water partition coefficient (Wildman–Crippen LogP) is 2.87. The first-order chi connectivity index (χ1) is 9.20. The molecule has 2 heterocycles. The Hall–Kier alpha value is -0.590. The Kier molecular flexibility index (Phi) is 5.66. The number of hydrogen-bond acceptors (Lipinski definition) is 3. The summed E-state index contributed by atoms with van der Waals surface area (Å²) in [6.45, 7) is 9.25. The first kappa shape index (κ1) is 14.8. The summed E-state index contributed by atoms with van der Waals surface area (Å²) in [6.07, 6.45) is 8.13. The molecule has 0 bridgehead atoms. The minimum atomic E-state index is 0.100. The minimum absolute atomic E-state index is 0.100. The highest BCUT2D eigenvalue weighted by molar-refractivity contribution is 4.90. The molecular weight excluding hydrogens is 234 g/mol. The fourth-order valence-corrected chi connectivity index (χ4v) is 3.55. The van der Waals surface area contributed by atoms with E-state index < -0.39 is 0 Å². The molecule has 0 N–H and O–H groups in total. The lowest BCUT2D eigenvalue weighted by atomic mass is 9.92. The van der Waals surface area contributed by atoms with Crippen LogP contribution < -0.4 is 0 Å². The molecule has 0 aromatic carbocycles. The quantitative estimate of drug-likeness (QED) is 0.781. The topological polar surface area (TPSA) is 30.3 Å². The van der Waals surface area contributed by atoms with E-state index in [1.54, 1.807) is 0 Å². The fraction of sp³-hybridized carbons (Fsp3) is 0.938. The molecule has 3 nitrogen and oxygen atoms in total. The Bertz CT molecular complexity index is 302. The van der Waals surface area contributed by atoms with Gasteiger partial charge in [0.2, 0.25) is 0 Å². The van der Waals surface area contributed by atoms with Crippen molar-refractivity contribution in [2.75, 3.05) is 26.2 Å². The van der Waals surface area contributed by atoms with E-state index in [2.05, 4.69) is 22.8 Å². The van der Waals surface area contributed by atoms with Crippen LogP contribution in [-0.4, -0.2) is 48.1 Å². The zero-order chi connectivity index (χ0) is 13.7. The second-order valence-electron chi connectivity index (χ2n) is 6.45. The van der Waals surface area contributed by atoms with Gasteiger partial charge in [-0.15, -0.1) is 0 Å². The van der Waals surface area contributed by atoms with E-state index in [0.29, 0.717) is 0 Å². The highest BCUT2D eigenvalue weighted by Crippen LogP contribution is 2.24. The van der Waals surface area contributed by atoms with Crippen LogP contribution in [0.3, 0.4) is 0 Å². The highest BCUT2D eigenvalue weighted by atomic mass is 15.2. The van der Waals surface area contributed by atoms with Crippen molar-refractivity contribution < 1.29 is 0 Å². The molecule has 2 aliphatic rings. The van der Waals surface area contributed by atoms with Gasteiger partial charge >= 0.3 is 0 Å². The van der Waals surface area contributed by atoms with Gasteiger partial charge in [-0.05, 0) is 78.0 Å². The first-order valence-corrected chi connectivity index (χ1v) is 8.08. The molecule has 2 fully saturated rings. The van der Waals surface area contributed by atoms with Gasteiger partial charge in [0.25, 0.3) is 0 Å². The fourth-order valence-electron chi connectivity index (χ4n) is 3.55. The van der Waals surface area contributed by atoms with E-state index in [-0.39, 0.29) is 6.04 Å². The summed E-state index contributed by atoms with van der Waals surface area (Å²) in [6, 6.07) is 3.26. The van der Waals surface area contributed by atoms with E-state index in [9.17, 15) is 0 Å². The van der Waals surface area contributed by atoms with E-state index in [4.69, 9.17) is 5.26 Å². The van der Waals surface area contributed by atoms with Crippen LogP contribution in [0.1, 0.15) is 52.4 Å². The zero-order valence-corrected chi connectivity index (χ0v) is 12.6. The molecule has 2 rings (SSSR count). The lowest BCUT2D eigenvalue weighted by Crippen LogP contribution is -2.41. The SMILES string of the molecule is C[C@@H](C#N)N1CCC(CCN2CCCC[C@@H]2C)CC1. The lowest BCUT2D eigenvalue weighted by Gasteiger charge is -2.37. The number of piperidine rings is 2. The molecule has 2 aliphatic heterocycles. The summed E-state index contributed by atoms with van der Waals surface area (Å²) < 4.78 is 0. The minimum Gasteiger partial charge on any atom is -0.301 e. The highest BCUT2D eigenvalue weighted by Gasteiger charge is 2.24. The molecular formula is C16H29N3. The number of hydrogen-bond donors (Lipinski definition) is 0. The maximum atomic E-state index is 8.96. The van der Waals surface area contributed by atoms with Crippen molar-refractivity contribution in [2.24, 2.45) is 5.92 Å². The third-order valence-corrected chi connectivity index (χ3v) is 5.15. The van der Waals surface area contributed by atoms with Gasteiger partial charge in [0.05, 0.1) is 12.1 Å². The van der Waals surface area contributed by atoms with Gasteiger partial charge in [-0.2, -0.15) is 5.26 Å². The summed E-state index contributed by atoms with van der Waals surface area (Å²) in [5.74, 6) is 0.885. The predicted molar refractivity (Wildman–Crippen MR) is 78.9 cm³/mol. The molecule has 108 valence electrons. The number of nitrogens with zero attached hydrogens (tertiary/aromatic N) is 3. The van der Waals surface area contributed by atoms with Crippen molar-refractivity contribution in [3.63, 3.8) is 0 Å². The van der Waals surface area contributed by atoms with E-state index in [1.165, 1.54) is 51.6 Å². The Morgan fingerprint density at radius 2 is 1.89 bits per heavy atom. The van der Waals surface area contributed by atoms with Crippen LogP contribution in [0.25, 0.3) is 0 Å². The standard InChI is InChI=1S/C16H29N3/c1-14-5-3-4-9-18(14)10-6-16-7-11-19(12-8-16)15(2)13-17/h14-16H,3-12H2,1-2H3/t14-,15-/m0/s1. The molecule has 19 heavy (non-hydrogen) atoms. The van der Waals surface area contributed by atoms with Crippen LogP contribution in [0.15, 0.2) is 0 Å².